The summed E-state index contributed by atoms with van der Waals surface area (Å²) in [7, 11) is 5.41. The molecule has 0 aliphatic carbocycles. The number of benzene rings is 1. The number of nitrogens with zero attached hydrogens (tertiary/aromatic N) is 5. The molecule has 1 heterocycles. The highest BCUT2D eigenvalue weighted by Gasteiger charge is 2.11. The number of aliphatic imine (C=N–C) groups is 1. The van der Waals surface area contributed by atoms with Gasteiger partial charge in [0.2, 0.25) is 5.91 Å². The Morgan fingerprint density at radius 1 is 1.23 bits per heavy atom. The van der Waals surface area contributed by atoms with E-state index in [1.54, 1.807) is 19.0 Å². The third kappa shape index (κ3) is 8.70. The van der Waals surface area contributed by atoms with Gasteiger partial charge in [0.15, 0.2) is 5.96 Å². The lowest BCUT2D eigenvalue weighted by Gasteiger charge is -2.22. The summed E-state index contributed by atoms with van der Waals surface area (Å²) in [5.74, 6) is 0.646. The van der Waals surface area contributed by atoms with Crippen molar-refractivity contribution in [2.24, 2.45) is 4.99 Å². The second-order valence-electron chi connectivity index (χ2n) is 6.89. The van der Waals surface area contributed by atoms with E-state index in [0.717, 1.165) is 24.2 Å². The molecule has 1 aromatic heterocycles. The average molecular weight is 528 g/mol. The highest BCUT2D eigenvalue weighted by atomic mass is 127. The molecule has 0 unspecified atom stereocenters. The van der Waals surface area contributed by atoms with Crippen LogP contribution in [0.15, 0.2) is 47.7 Å². The number of carbonyl (C=O) groups excluding carboxylic acids is 1. The fraction of sp³-hybridized carbons (Fsp3) is 0.476. The number of halogens is 1. The minimum atomic E-state index is -0.0380. The standard InChI is InChI=1S/C21H32N6O2.HI/c1-5-29-13-9-12-22-21(23-15-20(28)25(2)3)26(4)16-18-14-24-27(17-18)19-10-7-6-8-11-19;/h6-8,10-11,14,17H,5,9,12-13,15-16H2,1-4H3,(H,22,23);1H. The Morgan fingerprint density at radius 2 is 1.97 bits per heavy atom. The highest BCUT2D eigenvalue weighted by molar-refractivity contribution is 14.0. The maximum atomic E-state index is 11.9. The van der Waals surface area contributed by atoms with E-state index >= 15 is 0 Å². The second-order valence-corrected chi connectivity index (χ2v) is 6.89. The van der Waals surface area contributed by atoms with Crippen LogP contribution in [-0.2, 0) is 16.1 Å². The molecule has 30 heavy (non-hydrogen) atoms. The van der Waals surface area contributed by atoms with E-state index in [4.69, 9.17) is 4.74 Å². The van der Waals surface area contributed by atoms with Gasteiger partial charge in [-0.15, -0.1) is 24.0 Å². The number of likely N-dealkylation sites (N-methyl/N-ethyl adjacent to an activating group) is 1. The van der Waals surface area contributed by atoms with Gasteiger partial charge in [-0.1, -0.05) is 18.2 Å². The van der Waals surface area contributed by atoms with Gasteiger partial charge in [0.1, 0.15) is 6.54 Å². The van der Waals surface area contributed by atoms with Crippen LogP contribution in [0.3, 0.4) is 0 Å². The van der Waals surface area contributed by atoms with Crippen LogP contribution >= 0.6 is 24.0 Å². The maximum absolute atomic E-state index is 11.9. The normalized spacial score (nSPS) is 11.0. The third-order valence-electron chi connectivity index (χ3n) is 4.25. The molecule has 0 spiro atoms. The number of nitrogens with one attached hydrogen (secondary N) is 1. The maximum Gasteiger partial charge on any atom is 0.243 e. The van der Waals surface area contributed by atoms with Crippen LogP contribution in [-0.4, -0.2) is 78.9 Å². The molecule has 9 heteroatoms. The van der Waals surface area contributed by atoms with Crippen molar-refractivity contribution in [3.05, 3.63) is 48.3 Å². The first-order valence-corrected chi connectivity index (χ1v) is 9.87. The fourth-order valence-corrected chi connectivity index (χ4v) is 2.63. The number of guanidine groups is 1. The van der Waals surface area contributed by atoms with E-state index in [1.165, 1.54) is 0 Å². The van der Waals surface area contributed by atoms with Gasteiger partial charge in [-0.3, -0.25) is 4.79 Å². The van der Waals surface area contributed by atoms with Crippen molar-refractivity contribution in [1.29, 1.82) is 0 Å². The Balaban J connectivity index is 0.00000450. The van der Waals surface area contributed by atoms with Crippen molar-refractivity contribution in [1.82, 2.24) is 24.9 Å². The average Bonchev–Trinajstić information content (AvgIpc) is 3.18. The molecule has 1 amide bonds. The predicted molar refractivity (Wildman–Crippen MR) is 131 cm³/mol. The molecule has 0 bridgehead atoms. The summed E-state index contributed by atoms with van der Waals surface area (Å²) in [6, 6.07) is 9.99. The highest BCUT2D eigenvalue weighted by Crippen LogP contribution is 2.09. The SMILES string of the molecule is CCOCCCNC(=NCC(=O)N(C)C)N(C)Cc1cnn(-c2ccccc2)c1.I. The lowest BCUT2D eigenvalue weighted by molar-refractivity contribution is -0.127. The van der Waals surface area contributed by atoms with Crippen molar-refractivity contribution >= 4 is 35.8 Å². The second kappa shape index (κ2) is 14.0. The van der Waals surface area contributed by atoms with E-state index in [1.807, 2.05) is 66.3 Å². The first-order chi connectivity index (χ1) is 14.0. The van der Waals surface area contributed by atoms with Crippen LogP contribution in [0.2, 0.25) is 0 Å². The summed E-state index contributed by atoms with van der Waals surface area (Å²) in [5, 5.41) is 7.77. The Bertz CT molecular complexity index is 779. The fourth-order valence-electron chi connectivity index (χ4n) is 2.63. The number of hydrogen-bond donors (Lipinski definition) is 1. The van der Waals surface area contributed by atoms with Crippen molar-refractivity contribution in [3.8, 4) is 5.69 Å². The number of hydrogen-bond acceptors (Lipinski definition) is 4. The molecule has 0 saturated heterocycles. The molecule has 0 saturated carbocycles. The van der Waals surface area contributed by atoms with Crippen LogP contribution in [0.25, 0.3) is 5.69 Å². The lowest BCUT2D eigenvalue weighted by atomic mass is 10.3. The van der Waals surface area contributed by atoms with E-state index in [2.05, 4.69) is 15.4 Å². The van der Waals surface area contributed by atoms with Crippen LogP contribution in [0.5, 0.6) is 0 Å². The number of aromatic nitrogens is 2. The first kappa shape index (κ1) is 25.9. The van der Waals surface area contributed by atoms with Crippen LogP contribution in [0.1, 0.15) is 18.9 Å². The molecule has 0 aliphatic rings. The largest absolute Gasteiger partial charge is 0.382 e. The monoisotopic (exact) mass is 528 g/mol. The third-order valence-corrected chi connectivity index (χ3v) is 4.25. The Kier molecular flexibility index (Phi) is 12.1. The summed E-state index contributed by atoms with van der Waals surface area (Å²) in [4.78, 5) is 20.0. The van der Waals surface area contributed by atoms with Gasteiger partial charge in [0.05, 0.1) is 11.9 Å². The minimum Gasteiger partial charge on any atom is -0.382 e. The topological polar surface area (TPSA) is 75.0 Å². The van der Waals surface area contributed by atoms with Gasteiger partial charge in [-0.25, -0.2) is 9.67 Å². The van der Waals surface area contributed by atoms with Crippen molar-refractivity contribution < 1.29 is 9.53 Å². The summed E-state index contributed by atoms with van der Waals surface area (Å²) >= 11 is 0. The molecule has 2 aromatic rings. The van der Waals surface area contributed by atoms with Gasteiger partial charge >= 0.3 is 0 Å². The van der Waals surface area contributed by atoms with E-state index in [0.29, 0.717) is 25.7 Å². The Morgan fingerprint density at radius 3 is 2.63 bits per heavy atom. The zero-order chi connectivity index (χ0) is 21.1. The van der Waals surface area contributed by atoms with Gasteiger partial charge in [0, 0.05) is 59.2 Å². The van der Waals surface area contributed by atoms with Crippen LogP contribution < -0.4 is 5.32 Å². The Labute approximate surface area is 196 Å². The van der Waals surface area contributed by atoms with E-state index < -0.39 is 0 Å². The van der Waals surface area contributed by atoms with Crippen molar-refractivity contribution in [3.63, 3.8) is 0 Å². The van der Waals surface area contributed by atoms with Gasteiger partial charge in [0.25, 0.3) is 0 Å². The van der Waals surface area contributed by atoms with Gasteiger partial charge in [-0.05, 0) is 25.5 Å². The van der Waals surface area contributed by atoms with Crippen molar-refractivity contribution in [2.45, 2.75) is 19.9 Å². The number of para-hydroxylation sites is 1. The van der Waals surface area contributed by atoms with Crippen LogP contribution in [0, 0.1) is 0 Å². The summed E-state index contributed by atoms with van der Waals surface area (Å²) in [6.45, 7) is 4.85. The van der Waals surface area contributed by atoms with Gasteiger partial charge < -0.3 is 19.9 Å². The zero-order valence-electron chi connectivity index (χ0n) is 18.2. The Hall–Kier alpha value is -2.14. The number of ether oxygens (including phenoxy) is 1. The first-order valence-electron chi connectivity index (χ1n) is 9.87. The molecule has 0 radical (unpaired) electrons. The van der Waals surface area contributed by atoms with Crippen molar-refractivity contribution in [2.75, 3.05) is 47.4 Å². The molecule has 2 rings (SSSR count). The van der Waals surface area contributed by atoms with Gasteiger partial charge in [-0.2, -0.15) is 5.10 Å². The van der Waals surface area contributed by atoms with E-state index in [9.17, 15) is 4.79 Å². The molecular weight excluding hydrogens is 495 g/mol. The molecule has 0 aliphatic heterocycles. The molecule has 8 nitrogen and oxygen atoms in total. The molecular formula is C21H33IN6O2. The summed E-state index contributed by atoms with van der Waals surface area (Å²) in [6.07, 6.45) is 4.72. The number of rotatable bonds is 10. The molecule has 1 aromatic carbocycles. The summed E-state index contributed by atoms with van der Waals surface area (Å²) in [5.41, 5.74) is 2.07. The van der Waals surface area contributed by atoms with Crippen LogP contribution in [0.4, 0.5) is 0 Å². The quantitative estimate of drug-likeness (QED) is 0.222. The smallest absolute Gasteiger partial charge is 0.243 e. The number of carbonyl (C=O) groups is 1. The predicted octanol–water partition coefficient (Wildman–Crippen LogP) is 2.38. The lowest BCUT2D eigenvalue weighted by Crippen LogP contribution is -2.40. The molecule has 1 N–H and O–H groups in total. The number of amides is 1. The minimum absolute atomic E-state index is 0. The zero-order valence-corrected chi connectivity index (χ0v) is 20.6. The molecule has 0 fully saturated rings. The molecule has 166 valence electrons. The molecule has 0 atom stereocenters. The summed E-state index contributed by atoms with van der Waals surface area (Å²) < 4.78 is 7.23. The van der Waals surface area contributed by atoms with E-state index in [-0.39, 0.29) is 36.4 Å².